The molecule has 2 heterocycles. The van der Waals surface area contributed by atoms with Crippen molar-refractivity contribution < 1.29 is 8.42 Å². The fourth-order valence-electron chi connectivity index (χ4n) is 3.06. The molecule has 1 aliphatic heterocycles. The lowest BCUT2D eigenvalue weighted by atomic mass is 9.99. The molecule has 0 bridgehead atoms. The molecule has 0 fully saturated rings. The molecule has 0 saturated carbocycles. The van der Waals surface area contributed by atoms with Gasteiger partial charge in [0.05, 0.1) is 0 Å². The second-order valence-electron chi connectivity index (χ2n) is 5.74. The van der Waals surface area contributed by atoms with E-state index in [1.807, 2.05) is 30.3 Å². The van der Waals surface area contributed by atoms with E-state index in [-0.39, 0.29) is 4.90 Å². The van der Waals surface area contributed by atoms with Gasteiger partial charge in [-0.25, -0.2) is 8.42 Å². The van der Waals surface area contributed by atoms with E-state index >= 15 is 0 Å². The van der Waals surface area contributed by atoms with Gasteiger partial charge < -0.3 is 0 Å². The first-order valence-electron chi connectivity index (χ1n) is 7.73. The summed E-state index contributed by atoms with van der Waals surface area (Å²) in [5, 5.41) is 2.30. The Labute approximate surface area is 141 Å². The second-order valence-corrected chi connectivity index (χ2v) is 7.68. The molecule has 120 valence electrons. The minimum atomic E-state index is -3.51. The number of hydrogen-bond donors (Lipinski definition) is 0. The lowest BCUT2D eigenvalue weighted by molar-refractivity contribution is 0.489. The van der Waals surface area contributed by atoms with Gasteiger partial charge in [-0.3, -0.25) is 4.98 Å². The molecule has 0 saturated heterocycles. The van der Waals surface area contributed by atoms with Gasteiger partial charge in [0.1, 0.15) is 4.90 Å². The van der Waals surface area contributed by atoms with Crippen molar-refractivity contribution in [3.05, 3.63) is 78.6 Å². The largest absolute Gasteiger partial charge is 0.263 e. The Balaban J connectivity index is 1.67. The molecule has 0 spiro atoms. The first-order chi connectivity index (χ1) is 11.7. The molecule has 5 heteroatoms. The van der Waals surface area contributed by atoms with Crippen molar-refractivity contribution in [2.45, 2.75) is 4.90 Å². The monoisotopic (exact) mass is 336 g/mol. The molecule has 4 nitrogen and oxygen atoms in total. The highest BCUT2D eigenvalue weighted by Crippen LogP contribution is 2.30. The lowest BCUT2D eigenvalue weighted by Gasteiger charge is -2.16. The van der Waals surface area contributed by atoms with Gasteiger partial charge in [-0.05, 0) is 34.0 Å². The van der Waals surface area contributed by atoms with Crippen LogP contribution in [0.15, 0.2) is 78.0 Å². The SMILES string of the molecule is O=S(=O)(c1cccnc1)N1CC=C(c2cccc3ccccc23)C1. The van der Waals surface area contributed by atoms with Gasteiger partial charge in [-0.2, -0.15) is 4.31 Å². The zero-order chi connectivity index (χ0) is 16.6. The minimum absolute atomic E-state index is 0.234. The third-order valence-corrected chi connectivity index (χ3v) is 6.09. The Kier molecular flexibility index (Phi) is 3.67. The zero-order valence-electron chi connectivity index (χ0n) is 13.0. The minimum Gasteiger partial charge on any atom is -0.263 e. The molecule has 4 rings (SSSR count). The van der Waals surface area contributed by atoms with Gasteiger partial charge in [0.15, 0.2) is 0 Å². The van der Waals surface area contributed by atoms with Crippen LogP contribution >= 0.6 is 0 Å². The summed E-state index contributed by atoms with van der Waals surface area (Å²) in [5.41, 5.74) is 2.14. The van der Waals surface area contributed by atoms with Crippen molar-refractivity contribution in [2.24, 2.45) is 0 Å². The quantitative estimate of drug-likeness (QED) is 0.737. The molecule has 3 aromatic rings. The summed E-state index contributed by atoms with van der Waals surface area (Å²) in [7, 11) is -3.51. The summed E-state index contributed by atoms with van der Waals surface area (Å²) in [6.07, 6.45) is 4.96. The Morgan fingerprint density at radius 3 is 2.62 bits per heavy atom. The predicted octanol–water partition coefficient (Wildman–Crippen LogP) is 3.32. The summed E-state index contributed by atoms with van der Waals surface area (Å²) in [6, 6.07) is 17.5. The zero-order valence-corrected chi connectivity index (χ0v) is 13.8. The highest BCUT2D eigenvalue weighted by atomic mass is 32.2. The van der Waals surface area contributed by atoms with Crippen molar-refractivity contribution in [1.82, 2.24) is 9.29 Å². The topological polar surface area (TPSA) is 50.3 Å². The van der Waals surface area contributed by atoms with Gasteiger partial charge in [0.25, 0.3) is 0 Å². The van der Waals surface area contributed by atoms with Gasteiger partial charge >= 0.3 is 0 Å². The second kappa shape index (κ2) is 5.85. The Bertz CT molecular complexity index is 1020. The van der Waals surface area contributed by atoms with Crippen LogP contribution in [0.1, 0.15) is 5.56 Å². The van der Waals surface area contributed by atoms with Crippen LogP contribution in [0.5, 0.6) is 0 Å². The fourth-order valence-corrected chi connectivity index (χ4v) is 4.39. The van der Waals surface area contributed by atoms with E-state index in [1.165, 1.54) is 10.5 Å². The van der Waals surface area contributed by atoms with Gasteiger partial charge in [0, 0.05) is 25.5 Å². The van der Waals surface area contributed by atoms with Crippen LogP contribution in [-0.2, 0) is 10.0 Å². The summed E-state index contributed by atoms with van der Waals surface area (Å²) in [4.78, 5) is 4.15. The van der Waals surface area contributed by atoms with Crippen molar-refractivity contribution in [3.63, 3.8) is 0 Å². The molecular formula is C19H16N2O2S. The van der Waals surface area contributed by atoms with E-state index in [4.69, 9.17) is 0 Å². The molecule has 0 amide bonds. The van der Waals surface area contributed by atoms with E-state index < -0.39 is 10.0 Å². The number of pyridine rings is 1. The standard InChI is InChI=1S/C19H16N2O2S/c22-24(23,17-7-4-11-20-13-17)21-12-10-16(14-21)19-9-3-6-15-5-1-2-8-18(15)19/h1-11,13H,12,14H2. The number of benzene rings is 2. The first-order valence-corrected chi connectivity index (χ1v) is 9.17. The van der Waals surface area contributed by atoms with Crippen LogP contribution in [0.2, 0.25) is 0 Å². The molecule has 0 atom stereocenters. The van der Waals surface area contributed by atoms with Gasteiger partial charge in [0.2, 0.25) is 10.0 Å². The maximum absolute atomic E-state index is 12.7. The maximum atomic E-state index is 12.7. The number of rotatable bonds is 3. The molecule has 24 heavy (non-hydrogen) atoms. The van der Waals surface area contributed by atoms with Gasteiger partial charge in [-0.15, -0.1) is 0 Å². The van der Waals surface area contributed by atoms with Crippen molar-refractivity contribution in [2.75, 3.05) is 13.1 Å². The molecule has 0 radical (unpaired) electrons. The third kappa shape index (κ3) is 2.52. The van der Waals surface area contributed by atoms with Crippen LogP contribution in [0.25, 0.3) is 16.3 Å². The first kappa shape index (κ1) is 15.1. The number of fused-ring (bicyclic) bond motifs is 1. The highest BCUT2D eigenvalue weighted by molar-refractivity contribution is 7.89. The van der Waals surface area contributed by atoms with E-state index in [1.54, 1.807) is 18.3 Å². The Morgan fingerprint density at radius 2 is 1.79 bits per heavy atom. The summed E-state index contributed by atoms with van der Waals surface area (Å²) in [5.74, 6) is 0. The molecule has 0 unspecified atom stereocenters. The maximum Gasteiger partial charge on any atom is 0.245 e. The fraction of sp³-hybridized carbons (Fsp3) is 0.105. The van der Waals surface area contributed by atoms with Crippen LogP contribution in [-0.4, -0.2) is 30.8 Å². The highest BCUT2D eigenvalue weighted by Gasteiger charge is 2.28. The summed E-state index contributed by atoms with van der Waals surface area (Å²) >= 11 is 0. The van der Waals surface area contributed by atoms with Gasteiger partial charge in [-0.1, -0.05) is 48.5 Å². The number of aromatic nitrogens is 1. The number of hydrogen-bond acceptors (Lipinski definition) is 3. The molecule has 0 aliphatic carbocycles. The smallest absolute Gasteiger partial charge is 0.245 e. The van der Waals surface area contributed by atoms with Crippen LogP contribution in [0.4, 0.5) is 0 Å². The van der Waals surface area contributed by atoms with E-state index in [0.717, 1.165) is 21.9 Å². The van der Waals surface area contributed by atoms with Crippen LogP contribution in [0, 0.1) is 0 Å². The summed E-state index contributed by atoms with van der Waals surface area (Å²) in [6.45, 7) is 0.765. The molecule has 1 aromatic heterocycles. The van der Waals surface area contributed by atoms with E-state index in [9.17, 15) is 8.42 Å². The lowest BCUT2D eigenvalue weighted by Crippen LogP contribution is -2.29. The van der Waals surface area contributed by atoms with Crippen LogP contribution in [0.3, 0.4) is 0 Å². The van der Waals surface area contributed by atoms with Crippen molar-refractivity contribution in [3.8, 4) is 0 Å². The number of sulfonamides is 1. The van der Waals surface area contributed by atoms with E-state index in [2.05, 4.69) is 23.2 Å². The third-order valence-electron chi connectivity index (χ3n) is 4.30. The normalized spacial score (nSPS) is 15.6. The van der Waals surface area contributed by atoms with Crippen molar-refractivity contribution in [1.29, 1.82) is 0 Å². The average Bonchev–Trinajstić information content (AvgIpc) is 3.13. The van der Waals surface area contributed by atoms with Crippen molar-refractivity contribution >= 4 is 26.4 Å². The van der Waals surface area contributed by atoms with E-state index in [0.29, 0.717) is 13.1 Å². The Morgan fingerprint density at radius 1 is 0.958 bits per heavy atom. The molecule has 1 aliphatic rings. The average molecular weight is 336 g/mol. The molecule has 2 aromatic carbocycles. The Hall–Kier alpha value is -2.50. The van der Waals surface area contributed by atoms with Crippen LogP contribution < -0.4 is 0 Å². The molecule has 0 N–H and O–H groups in total. The summed E-state index contributed by atoms with van der Waals surface area (Å²) < 4.78 is 26.9. The predicted molar refractivity (Wildman–Crippen MR) is 94.9 cm³/mol. The number of nitrogens with zero attached hydrogens (tertiary/aromatic N) is 2. The molecular weight excluding hydrogens is 320 g/mol.